The second kappa shape index (κ2) is 8.76. The molecule has 1 saturated heterocycles. The standard InChI is InChI=1S/C24H25N7O/c1-16(17-6-3-2-4-7-17)28-22-13-25-14-23(30-22)31-15-27-20-12-18(9-10-21(20)31)29-24(32)19-8-5-11-26-19/h2-4,6-7,9-10,12-16,19,26H,5,8,11H2,1H3,(H,28,30)(H,29,32)/t16-,19?/m0/s1. The Labute approximate surface area is 186 Å². The van der Waals surface area contributed by atoms with Gasteiger partial charge in [-0.2, -0.15) is 0 Å². The molecule has 1 fully saturated rings. The van der Waals surface area contributed by atoms with E-state index in [1.807, 2.05) is 41.0 Å². The second-order valence-electron chi connectivity index (χ2n) is 8.00. The van der Waals surface area contributed by atoms with Crippen LogP contribution in [0.5, 0.6) is 0 Å². The van der Waals surface area contributed by atoms with Crippen molar-refractivity contribution in [2.75, 3.05) is 17.2 Å². The number of hydrogen-bond donors (Lipinski definition) is 3. The Morgan fingerprint density at radius 3 is 2.88 bits per heavy atom. The van der Waals surface area contributed by atoms with E-state index >= 15 is 0 Å². The summed E-state index contributed by atoms with van der Waals surface area (Å²) in [7, 11) is 0. The van der Waals surface area contributed by atoms with Crippen molar-refractivity contribution in [1.82, 2.24) is 24.8 Å². The largest absolute Gasteiger partial charge is 0.362 e. The van der Waals surface area contributed by atoms with Gasteiger partial charge in [0.05, 0.1) is 29.5 Å². The highest BCUT2D eigenvalue weighted by molar-refractivity contribution is 5.96. The van der Waals surface area contributed by atoms with Crippen LogP contribution in [0.15, 0.2) is 67.3 Å². The summed E-state index contributed by atoms with van der Waals surface area (Å²) in [5, 5.41) is 9.60. The number of fused-ring (bicyclic) bond motifs is 1. The third-order valence-electron chi connectivity index (χ3n) is 5.72. The van der Waals surface area contributed by atoms with E-state index in [1.165, 1.54) is 5.56 Å². The molecule has 1 amide bonds. The molecule has 1 aliphatic heterocycles. The molecule has 3 N–H and O–H groups in total. The van der Waals surface area contributed by atoms with Crippen molar-refractivity contribution in [3.05, 3.63) is 72.8 Å². The Bertz CT molecular complexity index is 1230. The van der Waals surface area contributed by atoms with Gasteiger partial charge in [0.1, 0.15) is 12.1 Å². The Morgan fingerprint density at radius 2 is 2.06 bits per heavy atom. The van der Waals surface area contributed by atoms with E-state index in [0.717, 1.165) is 36.1 Å². The monoisotopic (exact) mass is 427 g/mol. The average Bonchev–Trinajstić information content (AvgIpc) is 3.50. The van der Waals surface area contributed by atoms with Crippen molar-refractivity contribution < 1.29 is 4.79 Å². The van der Waals surface area contributed by atoms with Crippen molar-refractivity contribution in [2.24, 2.45) is 0 Å². The minimum atomic E-state index is -0.118. The van der Waals surface area contributed by atoms with Crippen LogP contribution in [0.1, 0.15) is 31.4 Å². The van der Waals surface area contributed by atoms with E-state index in [9.17, 15) is 4.79 Å². The normalized spacial score (nSPS) is 16.7. The smallest absolute Gasteiger partial charge is 0.241 e. The number of nitrogens with one attached hydrogen (secondary N) is 3. The molecule has 32 heavy (non-hydrogen) atoms. The fraction of sp³-hybridized carbons (Fsp3) is 0.250. The first kappa shape index (κ1) is 20.1. The lowest BCUT2D eigenvalue weighted by atomic mass is 10.1. The van der Waals surface area contributed by atoms with Gasteiger partial charge in [0.25, 0.3) is 0 Å². The number of amides is 1. The lowest BCUT2D eigenvalue weighted by Crippen LogP contribution is -2.35. The van der Waals surface area contributed by atoms with Crippen molar-refractivity contribution in [3.8, 4) is 5.82 Å². The summed E-state index contributed by atoms with van der Waals surface area (Å²) >= 11 is 0. The highest BCUT2D eigenvalue weighted by atomic mass is 16.2. The topological polar surface area (TPSA) is 96.8 Å². The number of nitrogens with zero attached hydrogens (tertiary/aromatic N) is 4. The molecule has 2 atom stereocenters. The van der Waals surface area contributed by atoms with Gasteiger partial charge < -0.3 is 16.0 Å². The Hall–Kier alpha value is -3.78. The number of benzene rings is 2. The van der Waals surface area contributed by atoms with Crippen LogP contribution in [-0.4, -0.2) is 38.0 Å². The maximum Gasteiger partial charge on any atom is 0.241 e. The van der Waals surface area contributed by atoms with Gasteiger partial charge in [-0.25, -0.2) is 9.97 Å². The molecule has 1 unspecified atom stereocenters. The maximum absolute atomic E-state index is 12.4. The number of rotatable bonds is 6. The van der Waals surface area contributed by atoms with E-state index in [2.05, 4.69) is 45.0 Å². The van der Waals surface area contributed by atoms with Gasteiger partial charge in [-0.3, -0.25) is 14.3 Å². The third kappa shape index (κ3) is 4.17. The zero-order chi connectivity index (χ0) is 21.9. The average molecular weight is 428 g/mol. The summed E-state index contributed by atoms with van der Waals surface area (Å²) in [6.07, 6.45) is 7.05. The Kier molecular flexibility index (Phi) is 5.51. The highest BCUT2D eigenvalue weighted by Gasteiger charge is 2.22. The lowest BCUT2D eigenvalue weighted by molar-refractivity contribution is -0.117. The first-order valence-electron chi connectivity index (χ1n) is 10.8. The maximum atomic E-state index is 12.4. The molecule has 162 valence electrons. The minimum Gasteiger partial charge on any atom is -0.362 e. The van der Waals surface area contributed by atoms with Crippen molar-refractivity contribution >= 4 is 28.4 Å². The van der Waals surface area contributed by atoms with Gasteiger partial charge in [0.2, 0.25) is 5.91 Å². The van der Waals surface area contributed by atoms with Gasteiger partial charge in [-0.15, -0.1) is 0 Å². The molecule has 2 aromatic heterocycles. The number of carbonyl (C=O) groups is 1. The van der Waals surface area contributed by atoms with E-state index < -0.39 is 0 Å². The minimum absolute atomic E-state index is 0.00143. The van der Waals surface area contributed by atoms with Crippen LogP contribution in [0.4, 0.5) is 11.5 Å². The van der Waals surface area contributed by atoms with Gasteiger partial charge in [-0.1, -0.05) is 30.3 Å². The summed E-state index contributed by atoms with van der Waals surface area (Å²) in [4.78, 5) is 26.0. The predicted molar refractivity (Wildman–Crippen MR) is 125 cm³/mol. The van der Waals surface area contributed by atoms with Crippen molar-refractivity contribution in [2.45, 2.75) is 31.8 Å². The van der Waals surface area contributed by atoms with Crippen LogP contribution in [0.3, 0.4) is 0 Å². The molecule has 4 aromatic rings. The molecule has 0 aliphatic carbocycles. The zero-order valence-corrected chi connectivity index (χ0v) is 17.8. The SMILES string of the molecule is C[C@H](Nc1cncc(-n2cnc3cc(NC(=O)C4CCCN4)ccc32)n1)c1ccccc1. The van der Waals surface area contributed by atoms with Gasteiger partial charge in [-0.05, 0) is 50.1 Å². The molecule has 0 radical (unpaired) electrons. The molecular formula is C24H25N7O. The van der Waals surface area contributed by atoms with E-state index in [-0.39, 0.29) is 18.0 Å². The fourth-order valence-corrected chi connectivity index (χ4v) is 4.00. The molecule has 0 bridgehead atoms. The first-order valence-corrected chi connectivity index (χ1v) is 10.8. The fourth-order valence-electron chi connectivity index (χ4n) is 4.00. The summed E-state index contributed by atoms with van der Waals surface area (Å²) in [6, 6.07) is 15.9. The quantitative estimate of drug-likeness (QED) is 0.434. The van der Waals surface area contributed by atoms with Crippen LogP contribution in [-0.2, 0) is 4.79 Å². The van der Waals surface area contributed by atoms with Crippen molar-refractivity contribution in [3.63, 3.8) is 0 Å². The Morgan fingerprint density at radius 1 is 1.19 bits per heavy atom. The molecule has 8 heteroatoms. The van der Waals surface area contributed by atoms with Gasteiger partial charge in [0, 0.05) is 11.7 Å². The first-order chi connectivity index (χ1) is 15.7. The van der Waals surface area contributed by atoms with Gasteiger partial charge in [0.15, 0.2) is 5.82 Å². The molecule has 0 spiro atoms. The van der Waals surface area contributed by atoms with E-state index in [0.29, 0.717) is 11.6 Å². The molecular weight excluding hydrogens is 402 g/mol. The molecule has 0 saturated carbocycles. The number of carbonyl (C=O) groups excluding carboxylic acids is 1. The summed E-state index contributed by atoms with van der Waals surface area (Å²) < 4.78 is 1.89. The number of aromatic nitrogens is 4. The predicted octanol–water partition coefficient (Wildman–Crippen LogP) is 3.68. The molecule has 5 rings (SSSR count). The summed E-state index contributed by atoms with van der Waals surface area (Å²) in [5.41, 5.74) is 3.58. The number of hydrogen-bond acceptors (Lipinski definition) is 6. The third-order valence-corrected chi connectivity index (χ3v) is 5.72. The molecule has 1 aliphatic rings. The zero-order valence-electron chi connectivity index (χ0n) is 17.8. The van der Waals surface area contributed by atoms with Crippen LogP contribution >= 0.6 is 0 Å². The van der Waals surface area contributed by atoms with E-state index in [4.69, 9.17) is 4.98 Å². The lowest BCUT2D eigenvalue weighted by Gasteiger charge is -2.15. The van der Waals surface area contributed by atoms with Crippen LogP contribution < -0.4 is 16.0 Å². The number of imidazole rings is 1. The number of anilines is 2. The molecule has 3 heterocycles. The van der Waals surface area contributed by atoms with Gasteiger partial charge >= 0.3 is 0 Å². The molecule has 8 nitrogen and oxygen atoms in total. The highest BCUT2D eigenvalue weighted by Crippen LogP contribution is 2.23. The van der Waals surface area contributed by atoms with Crippen LogP contribution in [0, 0.1) is 0 Å². The molecule has 2 aromatic carbocycles. The summed E-state index contributed by atoms with van der Waals surface area (Å²) in [5.74, 6) is 1.36. The van der Waals surface area contributed by atoms with Crippen LogP contribution in [0.25, 0.3) is 16.9 Å². The van der Waals surface area contributed by atoms with Crippen LogP contribution in [0.2, 0.25) is 0 Å². The van der Waals surface area contributed by atoms with Crippen molar-refractivity contribution in [1.29, 1.82) is 0 Å². The van der Waals surface area contributed by atoms with E-state index in [1.54, 1.807) is 18.7 Å². The Balaban J connectivity index is 1.35. The summed E-state index contributed by atoms with van der Waals surface area (Å²) in [6.45, 7) is 2.98. The second-order valence-corrected chi connectivity index (χ2v) is 8.00.